The van der Waals surface area contributed by atoms with Gasteiger partial charge in [-0.05, 0) is 12.8 Å². The normalized spacial score (nSPS) is 18.3. The van der Waals surface area contributed by atoms with Gasteiger partial charge in [0, 0.05) is 13.0 Å². The van der Waals surface area contributed by atoms with Crippen molar-refractivity contribution < 1.29 is 13.2 Å². The van der Waals surface area contributed by atoms with E-state index < -0.39 is 11.7 Å². The minimum atomic E-state index is -4.32. The van der Waals surface area contributed by atoms with Gasteiger partial charge in [-0.2, -0.15) is 18.3 Å². The van der Waals surface area contributed by atoms with Gasteiger partial charge in [-0.3, -0.25) is 4.68 Å². The third-order valence-corrected chi connectivity index (χ3v) is 2.69. The highest BCUT2D eigenvalue weighted by atomic mass is 19.4. The van der Waals surface area contributed by atoms with Crippen LogP contribution in [0, 0.1) is 6.20 Å². The number of aromatic nitrogens is 2. The minimum absolute atomic E-state index is 0.0235. The van der Waals surface area contributed by atoms with E-state index in [4.69, 9.17) is 0 Å². The number of hydrogen-bond donors (Lipinski definition) is 0. The van der Waals surface area contributed by atoms with E-state index in [-0.39, 0.29) is 5.92 Å². The summed E-state index contributed by atoms with van der Waals surface area (Å²) in [6, 6.07) is 0. The average Bonchev–Trinajstić information content (AvgIpc) is 2.28. The maximum absolute atomic E-state index is 12.5. The zero-order valence-electron chi connectivity index (χ0n) is 7.73. The molecule has 77 valence electrons. The summed E-state index contributed by atoms with van der Waals surface area (Å²) in [6.45, 7) is 0. The highest BCUT2D eigenvalue weighted by Crippen LogP contribution is 2.42. The summed E-state index contributed by atoms with van der Waals surface area (Å²) in [5.74, 6) is 0.0235. The van der Waals surface area contributed by atoms with Crippen molar-refractivity contribution in [3.05, 3.63) is 17.5 Å². The Hall–Kier alpha value is -1.00. The highest BCUT2D eigenvalue weighted by Gasteiger charge is 2.39. The summed E-state index contributed by atoms with van der Waals surface area (Å²) in [5, 5.41) is 3.56. The minimum Gasteiger partial charge on any atom is -0.271 e. The van der Waals surface area contributed by atoms with E-state index in [0.29, 0.717) is 5.69 Å². The van der Waals surface area contributed by atoms with Crippen molar-refractivity contribution in [2.75, 3.05) is 0 Å². The molecule has 1 saturated carbocycles. The Balaban J connectivity index is 2.40. The van der Waals surface area contributed by atoms with Crippen LogP contribution in [-0.2, 0) is 13.2 Å². The van der Waals surface area contributed by atoms with E-state index in [9.17, 15) is 13.2 Å². The summed E-state index contributed by atoms with van der Waals surface area (Å²) in [6.07, 6.45) is 0.398. The Kier molecular flexibility index (Phi) is 2.05. The van der Waals surface area contributed by atoms with Crippen molar-refractivity contribution in [3.8, 4) is 0 Å². The van der Waals surface area contributed by atoms with Crippen LogP contribution < -0.4 is 0 Å². The van der Waals surface area contributed by atoms with Crippen molar-refractivity contribution >= 4 is 0 Å². The van der Waals surface area contributed by atoms with Crippen molar-refractivity contribution in [1.29, 1.82) is 0 Å². The van der Waals surface area contributed by atoms with Crippen molar-refractivity contribution in [2.45, 2.75) is 31.4 Å². The monoisotopic (exact) mass is 203 g/mol. The molecule has 0 atom stereocenters. The number of aryl methyl sites for hydroxylation is 1. The van der Waals surface area contributed by atoms with Crippen LogP contribution in [0.15, 0.2) is 0 Å². The fourth-order valence-corrected chi connectivity index (χ4v) is 1.76. The van der Waals surface area contributed by atoms with Gasteiger partial charge >= 0.3 is 6.18 Å². The third kappa shape index (κ3) is 1.40. The Morgan fingerprint density at radius 2 is 2.07 bits per heavy atom. The van der Waals surface area contributed by atoms with E-state index in [1.54, 1.807) is 7.05 Å². The molecule has 1 aromatic rings. The largest absolute Gasteiger partial charge is 0.420 e. The van der Waals surface area contributed by atoms with Gasteiger partial charge in [0.2, 0.25) is 0 Å². The molecule has 2 nitrogen and oxygen atoms in total. The molecule has 5 heteroatoms. The first-order valence-electron chi connectivity index (χ1n) is 4.52. The lowest BCUT2D eigenvalue weighted by Crippen LogP contribution is -2.18. The lowest BCUT2D eigenvalue weighted by molar-refractivity contribution is -0.138. The van der Waals surface area contributed by atoms with Gasteiger partial charge in [-0.1, -0.05) is 6.42 Å². The van der Waals surface area contributed by atoms with Gasteiger partial charge in [0.05, 0.1) is 5.69 Å². The SMILES string of the molecule is Cn1n[c]c(C(F)(F)F)c1C1CCC1. The molecule has 0 spiro atoms. The maximum atomic E-state index is 12.5. The van der Waals surface area contributed by atoms with Gasteiger partial charge in [-0.15, -0.1) is 0 Å². The third-order valence-electron chi connectivity index (χ3n) is 2.69. The van der Waals surface area contributed by atoms with Crippen LogP contribution in [0.5, 0.6) is 0 Å². The predicted molar refractivity (Wildman–Crippen MR) is 43.6 cm³/mol. The molecule has 1 aliphatic rings. The molecule has 1 fully saturated rings. The molecule has 1 aliphatic carbocycles. The highest BCUT2D eigenvalue weighted by molar-refractivity contribution is 5.25. The van der Waals surface area contributed by atoms with E-state index in [2.05, 4.69) is 11.3 Å². The van der Waals surface area contributed by atoms with Gasteiger partial charge in [0.25, 0.3) is 0 Å². The molecule has 1 radical (unpaired) electrons. The molecular formula is C9H10F3N2. The number of rotatable bonds is 1. The summed E-state index contributed by atoms with van der Waals surface area (Å²) < 4.78 is 38.8. The number of alkyl halides is 3. The Morgan fingerprint density at radius 3 is 2.50 bits per heavy atom. The molecule has 0 aromatic carbocycles. The van der Waals surface area contributed by atoms with Crippen molar-refractivity contribution in [2.24, 2.45) is 7.05 Å². The van der Waals surface area contributed by atoms with Crippen LogP contribution in [-0.4, -0.2) is 9.78 Å². The lowest BCUT2D eigenvalue weighted by atomic mass is 9.81. The Bertz CT molecular complexity index is 336. The predicted octanol–water partition coefficient (Wildman–Crippen LogP) is 2.51. The molecule has 0 aliphatic heterocycles. The standard InChI is InChI=1S/C9H10F3N2/c1-14-8(6-3-2-4-6)7(5-13-14)9(10,11)12/h6H,2-4H2,1H3. The van der Waals surface area contributed by atoms with Crippen LogP contribution in [0.2, 0.25) is 0 Å². The molecule has 1 aromatic heterocycles. The van der Waals surface area contributed by atoms with Gasteiger partial charge < -0.3 is 0 Å². The first-order chi connectivity index (χ1) is 6.50. The molecule has 2 rings (SSSR count). The molecule has 0 saturated heterocycles. The fraction of sp³-hybridized carbons (Fsp3) is 0.667. The number of hydrogen-bond acceptors (Lipinski definition) is 1. The van der Waals surface area contributed by atoms with Crippen LogP contribution in [0.3, 0.4) is 0 Å². The average molecular weight is 203 g/mol. The van der Waals surface area contributed by atoms with Gasteiger partial charge in [-0.25, -0.2) is 0 Å². The van der Waals surface area contributed by atoms with Crippen LogP contribution in [0.25, 0.3) is 0 Å². The van der Waals surface area contributed by atoms with Gasteiger partial charge in [0.15, 0.2) is 0 Å². The van der Waals surface area contributed by atoms with Crippen molar-refractivity contribution in [1.82, 2.24) is 9.78 Å². The quantitative estimate of drug-likeness (QED) is 0.685. The Morgan fingerprint density at radius 1 is 1.43 bits per heavy atom. The molecule has 0 bridgehead atoms. The second-order valence-electron chi connectivity index (χ2n) is 3.62. The van der Waals surface area contributed by atoms with Gasteiger partial charge in [0.1, 0.15) is 11.8 Å². The first kappa shape index (κ1) is 9.55. The summed E-state index contributed by atoms with van der Waals surface area (Å²) in [5.41, 5.74) is -0.395. The second-order valence-corrected chi connectivity index (χ2v) is 3.62. The zero-order valence-corrected chi connectivity index (χ0v) is 7.73. The second kappa shape index (κ2) is 3.00. The molecular weight excluding hydrogens is 193 g/mol. The molecule has 14 heavy (non-hydrogen) atoms. The molecule has 1 heterocycles. The van der Waals surface area contributed by atoms with Crippen LogP contribution >= 0.6 is 0 Å². The van der Waals surface area contributed by atoms with Crippen LogP contribution in [0.4, 0.5) is 13.2 Å². The van der Waals surface area contributed by atoms with E-state index in [1.807, 2.05) is 0 Å². The van der Waals surface area contributed by atoms with E-state index in [1.165, 1.54) is 4.68 Å². The summed E-state index contributed by atoms with van der Waals surface area (Å²) in [7, 11) is 1.54. The molecule has 0 N–H and O–H groups in total. The maximum Gasteiger partial charge on any atom is 0.420 e. The van der Waals surface area contributed by atoms with E-state index >= 15 is 0 Å². The lowest BCUT2D eigenvalue weighted by Gasteiger charge is -2.26. The topological polar surface area (TPSA) is 17.8 Å². The summed E-state index contributed by atoms with van der Waals surface area (Å²) >= 11 is 0. The number of nitrogens with zero attached hydrogens (tertiary/aromatic N) is 2. The first-order valence-corrected chi connectivity index (χ1v) is 4.52. The van der Waals surface area contributed by atoms with Crippen molar-refractivity contribution in [3.63, 3.8) is 0 Å². The van der Waals surface area contributed by atoms with E-state index in [0.717, 1.165) is 19.3 Å². The zero-order chi connectivity index (χ0) is 10.3. The number of halogens is 3. The molecule has 0 amide bonds. The van der Waals surface area contributed by atoms with Crippen LogP contribution in [0.1, 0.15) is 36.4 Å². The summed E-state index contributed by atoms with van der Waals surface area (Å²) in [4.78, 5) is 0. The Labute approximate surface area is 79.7 Å². The molecule has 0 unspecified atom stereocenters. The fourth-order valence-electron chi connectivity index (χ4n) is 1.76. The smallest absolute Gasteiger partial charge is 0.271 e.